The summed E-state index contributed by atoms with van der Waals surface area (Å²) in [5, 5.41) is 12.3. The van der Waals surface area contributed by atoms with Crippen molar-refractivity contribution in [3.05, 3.63) is 106 Å². The predicted molar refractivity (Wildman–Crippen MR) is 147 cm³/mol. The summed E-state index contributed by atoms with van der Waals surface area (Å²) < 4.78 is 5.79. The van der Waals surface area contributed by atoms with Gasteiger partial charge in [0.05, 0.1) is 15.6 Å². The lowest BCUT2D eigenvalue weighted by Crippen LogP contribution is -2.54. The molecule has 0 aromatic heterocycles. The van der Waals surface area contributed by atoms with Gasteiger partial charge in [0.25, 0.3) is 0 Å². The molecular formula is C30H32Cl2N2O3. The van der Waals surface area contributed by atoms with Crippen LogP contribution in [0.2, 0.25) is 10.0 Å². The van der Waals surface area contributed by atoms with Crippen LogP contribution in [0.15, 0.2) is 78.9 Å². The molecule has 1 amide bonds. The molecular weight excluding hydrogens is 507 g/mol. The highest BCUT2D eigenvalue weighted by Gasteiger charge is 2.43. The second-order valence-corrected chi connectivity index (χ2v) is 11.1. The minimum Gasteiger partial charge on any atom is -0.448 e. The minimum absolute atomic E-state index is 0.289. The van der Waals surface area contributed by atoms with Gasteiger partial charge in [-0.3, -0.25) is 0 Å². The van der Waals surface area contributed by atoms with E-state index in [1.54, 1.807) is 4.90 Å². The van der Waals surface area contributed by atoms with Crippen LogP contribution >= 0.6 is 23.2 Å². The van der Waals surface area contributed by atoms with Crippen LogP contribution in [0.25, 0.3) is 0 Å². The standard InChI is InChI=1S/C30H32Cl2N2O3/c31-26-12-11-25(19-27(26)32)29(21-34(28(35)37-22-29)20-23-7-3-1-4-8-23)13-16-33-17-14-30(36,15-18-33)24-9-5-2-6-10-24/h1-12,19,36H,13-18,20-22H2. The summed E-state index contributed by atoms with van der Waals surface area (Å²) in [4.78, 5) is 17.0. The van der Waals surface area contributed by atoms with E-state index < -0.39 is 11.0 Å². The molecule has 5 rings (SSSR count). The average molecular weight is 540 g/mol. The number of hydrogen-bond donors (Lipinski definition) is 1. The second kappa shape index (κ2) is 11.0. The van der Waals surface area contributed by atoms with Crippen molar-refractivity contribution in [1.29, 1.82) is 0 Å². The Morgan fingerprint density at radius 3 is 2.22 bits per heavy atom. The van der Waals surface area contributed by atoms with E-state index in [1.165, 1.54) is 0 Å². The highest BCUT2D eigenvalue weighted by molar-refractivity contribution is 6.42. The van der Waals surface area contributed by atoms with E-state index in [1.807, 2.05) is 78.9 Å². The summed E-state index contributed by atoms with van der Waals surface area (Å²) >= 11 is 12.7. The number of halogens is 2. The maximum absolute atomic E-state index is 12.8. The van der Waals surface area contributed by atoms with Crippen molar-refractivity contribution >= 4 is 29.3 Å². The van der Waals surface area contributed by atoms with Gasteiger partial charge in [-0.1, -0.05) is 89.9 Å². The Kier molecular flexibility index (Phi) is 7.77. The van der Waals surface area contributed by atoms with Crippen LogP contribution in [0.3, 0.4) is 0 Å². The summed E-state index contributed by atoms with van der Waals surface area (Å²) in [6, 6.07) is 25.6. The van der Waals surface area contributed by atoms with Crippen molar-refractivity contribution in [2.24, 2.45) is 0 Å². The topological polar surface area (TPSA) is 53.0 Å². The van der Waals surface area contributed by atoms with Crippen LogP contribution in [0, 0.1) is 0 Å². The Hall–Kier alpha value is -2.57. The molecule has 2 heterocycles. The van der Waals surface area contributed by atoms with Crippen LogP contribution in [-0.4, -0.2) is 53.8 Å². The number of nitrogens with zero attached hydrogens (tertiary/aromatic N) is 2. The highest BCUT2D eigenvalue weighted by atomic mass is 35.5. The van der Waals surface area contributed by atoms with E-state index in [2.05, 4.69) is 4.90 Å². The molecule has 0 spiro atoms. The molecule has 0 aliphatic carbocycles. The molecule has 3 aromatic rings. The molecule has 1 N–H and O–H groups in total. The fraction of sp³-hybridized carbons (Fsp3) is 0.367. The minimum atomic E-state index is -0.786. The summed E-state index contributed by atoms with van der Waals surface area (Å²) in [6.45, 7) is 3.72. The molecule has 2 aliphatic heterocycles. The number of hydrogen-bond acceptors (Lipinski definition) is 4. The van der Waals surface area contributed by atoms with Gasteiger partial charge >= 0.3 is 6.09 Å². The molecule has 194 valence electrons. The normalized spacial score (nSPS) is 22.0. The number of amides is 1. The van der Waals surface area contributed by atoms with Gasteiger partial charge in [-0.15, -0.1) is 0 Å². The van der Waals surface area contributed by atoms with Crippen LogP contribution in [0.5, 0.6) is 0 Å². The largest absolute Gasteiger partial charge is 0.448 e. The molecule has 37 heavy (non-hydrogen) atoms. The molecule has 0 bridgehead atoms. The zero-order valence-electron chi connectivity index (χ0n) is 20.8. The van der Waals surface area contributed by atoms with Gasteiger partial charge in [0.2, 0.25) is 0 Å². The number of carbonyl (C=O) groups excluding carboxylic acids is 1. The molecule has 1 unspecified atom stereocenters. The van der Waals surface area contributed by atoms with E-state index in [-0.39, 0.29) is 12.7 Å². The Morgan fingerprint density at radius 1 is 0.865 bits per heavy atom. The third-order valence-electron chi connectivity index (χ3n) is 7.87. The fourth-order valence-corrected chi connectivity index (χ4v) is 5.84. The van der Waals surface area contributed by atoms with E-state index in [9.17, 15) is 9.90 Å². The van der Waals surface area contributed by atoms with Crippen LogP contribution < -0.4 is 0 Å². The van der Waals surface area contributed by atoms with Gasteiger partial charge in [0, 0.05) is 31.6 Å². The molecule has 0 saturated carbocycles. The van der Waals surface area contributed by atoms with E-state index >= 15 is 0 Å². The summed E-state index contributed by atoms with van der Waals surface area (Å²) in [6.07, 6.45) is 1.86. The number of piperidine rings is 1. The number of aliphatic hydroxyl groups is 1. The first-order valence-electron chi connectivity index (χ1n) is 12.8. The SMILES string of the molecule is O=C1OCC(CCN2CCC(O)(c3ccccc3)CC2)(c2ccc(Cl)c(Cl)c2)CN1Cc1ccccc1. The third kappa shape index (κ3) is 5.80. The zero-order chi connectivity index (χ0) is 25.9. The van der Waals surface area contributed by atoms with Crippen molar-refractivity contribution in [3.63, 3.8) is 0 Å². The summed E-state index contributed by atoms with van der Waals surface area (Å²) in [5.41, 5.74) is 1.85. The second-order valence-electron chi connectivity index (χ2n) is 10.3. The van der Waals surface area contributed by atoms with Gasteiger partial charge in [-0.25, -0.2) is 4.79 Å². The number of benzene rings is 3. The Bertz CT molecular complexity index is 1220. The number of likely N-dealkylation sites (tertiary alicyclic amines) is 1. The van der Waals surface area contributed by atoms with Crippen molar-refractivity contribution in [3.8, 4) is 0 Å². The summed E-state index contributed by atoms with van der Waals surface area (Å²) in [7, 11) is 0. The molecule has 3 aromatic carbocycles. The number of carbonyl (C=O) groups is 1. The van der Waals surface area contributed by atoms with Crippen molar-refractivity contribution < 1.29 is 14.6 Å². The van der Waals surface area contributed by atoms with Crippen molar-refractivity contribution in [2.45, 2.75) is 36.8 Å². The van der Waals surface area contributed by atoms with Crippen LogP contribution in [0.4, 0.5) is 4.79 Å². The number of ether oxygens (including phenoxy) is 1. The molecule has 1 atom stereocenters. The molecule has 2 fully saturated rings. The lowest BCUT2D eigenvalue weighted by Gasteiger charge is -2.44. The lowest BCUT2D eigenvalue weighted by molar-refractivity contribution is -0.0306. The van der Waals surface area contributed by atoms with Gasteiger partial charge in [0.1, 0.15) is 6.61 Å². The van der Waals surface area contributed by atoms with Crippen LogP contribution in [0.1, 0.15) is 36.0 Å². The average Bonchev–Trinajstić information content (AvgIpc) is 2.93. The Balaban J connectivity index is 1.33. The van der Waals surface area contributed by atoms with Gasteiger partial charge < -0.3 is 19.6 Å². The molecule has 2 saturated heterocycles. The van der Waals surface area contributed by atoms with Crippen molar-refractivity contribution in [2.75, 3.05) is 32.8 Å². The molecule has 2 aliphatic rings. The fourth-order valence-electron chi connectivity index (χ4n) is 5.54. The molecule has 5 nitrogen and oxygen atoms in total. The monoisotopic (exact) mass is 538 g/mol. The lowest BCUT2D eigenvalue weighted by atomic mass is 9.76. The van der Waals surface area contributed by atoms with E-state index in [0.29, 0.717) is 36.0 Å². The Labute approximate surface area is 228 Å². The van der Waals surface area contributed by atoms with Gasteiger partial charge in [0.15, 0.2) is 0 Å². The third-order valence-corrected chi connectivity index (χ3v) is 8.61. The highest BCUT2D eigenvalue weighted by Crippen LogP contribution is 2.38. The number of rotatable bonds is 7. The van der Waals surface area contributed by atoms with Crippen LogP contribution in [-0.2, 0) is 22.3 Å². The Morgan fingerprint density at radius 2 is 1.54 bits per heavy atom. The number of cyclic esters (lactones) is 1. The first-order chi connectivity index (χ1) is 17.9. The smallest absolute Gasteiger partial charge is 0.410 e. The first-order valence-corrected chi connectivity index (χ1v) is 13.5. The first kappa shape index (κ1) is 26.1. The predicted octanol–water partition coefficient (Wildman–Crippen LogP) is 6.26. The van der Waals surface area contributed by atoms with E-state index in [4.69, 9.17) is 27.9 Å². The summed E-state index contributed by atoms with van der Waals surface area (Å²) in [5.74, 6) is 0. The molecule has 0 radical (unpaired) electrons. The van der Waals surface area contributed by atoms with Crippen molar-refractivity contribution in [1.82, 2.24) is 9.80 Å². The zero-order valence-corrected chi connectivity index (χ0v) is 22.3. The maximum Gasteiger partial charge on any atom is 0.410 e. The van der Waals surface area contributed by atoms with Gasteiger partial charge in [-0.05, 0) is 54.6 Å². The quantitative estimate of drug-likeness (QED) is 0.385. The molecule has 7 heteroatoms. The van der Waals surface area contributed by atoms with E-state index in [0.717, 1.165) is 42.7 Å². The van der Waals surface area contributed by atoms with Gasteiger partial charge in [-0.2, -0.15) is 0 Å². The maximum atomic E-state index is 12.8.